The molecule has 1 aliphatic rings. The van der Waals surface area contributed by atoms with E-state index in [-0.39, 0.29) is 11.2 Å². The maximum atomic E-state index is 12.1. The van der Waals surface area contributed by atoms with Crippen LogP contribution < -0.4 is 0 Å². The van der Waals surface area contributed by atoms with E-state index in [1.165, 1.54) is 0 Å². The van der Waals surface area contributed by atoms with E-state index in [4.69, 9.17) is 0 Å². The number of rotatable bonds is 6. The summed E-state index contributed by atoms with van der Waals surface area (Å²) >= 11 is 0. The quantitative estimate of drug-likeness (QED) is 0.619. The van der Waals surface area contributed by atoms with E-state index in [2.05, 4.69) is 19.2 Å². The molecule has 0 radical (unpaired) electrons. The molecule has 0 heterocycles. The lowest BCUT2D eigenvalue weighted by Crippen LogP contribution is -2.29. The molecule has 0 N–H and O–H groups in total. The summed E-state index contributed by atoms with van der Waals surface area (Å²) in [7, 11) is 0. The molecule has 0 fully saturated rings. The number of hydrogen-bond donors (Lipinski definition) is 0. The van der Waals surface area contributed by atoms with Crippen molar-refractivity contribution in [2.75, 3.05) is 0 Å². The van der Waals surface area contributed by atoms with Crippen LogP contribution in [0.4, 0.5) is 0 Å². The SMILES string of the molecule is C=C(C)CCC1(CCC(=C)C)C=CC=CC1=O. The Morgan fingerprint density at radius 2 is 1.65 bits per heavy atom. The van der Waals surface area contributed by atoms with Gasteiger partial charge in [0.1, 0.15) is 0 Å². The van der Waals surface area contributed by atoms with E-state index in [0.29, 0.717) is 0 Å². The van der Waals surface area contributed by atoms with Gasteiger partial charge in [0.25, 0.3) is 0 Å². The van der Waals surface area contributed by atoms with E-state index in [1.807, 2.05) is 26.0 Å². The molecule has 1 aliphatic carbocycles. The Kier molecular flexibility index (Phi) is 4.68. The zero-order chi connectivity index (χ0) is 12.9. The number of hydrogen-bond acceptors (Lipinski definition) is 1. The minimum Gasteiger partial charge on any atom is -0.294 e. The van der Waals surface area contributed by atoms with Crippen LogP contribution in [0.2, 0.25) is 0 Å². The molecule has 0 aromatic rings. The standard InChI is InChI=1S/C16H22O/c1-13(2)8-11-16(12-9-14(3)4)10-6-5-7-15(16)17/h5-7,10H,1,3,8-9,11-12H2,2,4H3. The Morgan fingerprint density at radius 3 is 2.06 bits per heavy atom. The van der Waals surface area contributed by atoms with Crippen LogP contribution in [-0.4, -0.2) is 5.78 Å². The lowest BCUT2D eigenvalue weighted by Gasteiger charge is -2.30. The van der Waals surface area contributed by atoms with Crippen molar-refractivity contribution in [3.8, 4) is 0 Å². The van der Waals surface area contributed by atoms with Gasteiger partial charge in [-0.3, -0.25) is 4.79 Å². The first-order chi connectivity index (χ1) is 7.96. The van der Waals surface area contributed by atoms with Gasteiger partial charge in [0, 0.05) is 0 Å². The van der Waals surface area contributed by atoms with Crippen LogP contribution in [0.1, 0.15) is 39.5 Å². The fourth-order valence-electron chi connectivity index (χ4n) is 2.04. The first-order valence-corrected chi connectivity index (χ1v) is 6.15. The van der Waals surface area contributed by atoms with Gasteiger partial charge in [-0.1, -0.05) is 29.4 Å². The molecule has 0 amide bonds. The third kappa shape index (κ3) is 3.85. The highest BCUT2D eigenvalue weighted by atomic mass is 16.1. The van der Waals surface area contributed by atoms with Crippen molar-refractivity contribution in [1.82, 2.24) is 0 Å². The summed E-state index contributed by atoms with van der Waals surface area (Å²) in [5.74, 6) is 0.225. The average Bonchev–Trinajstić information content (AvgIpc) is 2.26. The summed E-state index contributed by atoms with van der Waals surface area (Å²) < 4.78 is 0. The third-order valence-electron chi connectivity index (χ3n) is 3.26. The first-order valence-electron chi connectivity index (χ1n) is 6.15. The molecular formula is C16H22O. The Labute approximate surface area is 105 Å². The summed E-state index contributed by atoms with van der Waals surface area (Å²) in [5, 5.41) is 0. The summed E-state index contributed by atoms with van der Waals surface area (Å²) in [6.45, 7) is 11.9. The van der Waals surface area contributed by atoms with Gasteiger partial charge in [-0.05, 0) is 45.6 Å². The molecule has 17 heavy (non-hydrogen) atoms. The van der Waals surface area contributed by atoms with Gasteiger partial charge in [-0.25, -0.2) is 0 Å². The Morgan fingerprint density at radius 1 is 1.12 bits per heavy atom. The topological polar surface area (TPSA) is 17.1 Å². The van der Waals surface area contributed by atoms with E-state index < -0.39 is 0 Å². The Balaban J connectivity index is 2.80. The van der Waals surface area contributed by atoms with Gasteiger partial charge in [0.2, 0.25) is 0 Å². The largest absolute Gasteiger partial charge is 0.294 e. The molecular weight excluding hydrogens is 208 g/mol. The van der Waals surface area contributed by atoms with Gasteiger partial charge < -0.3 is 0 Å². The summed E-state index contributed by atoms with van der Waals surface area (Å²) in [6.07, 6.45) is 11.1. The van der Waals surface area contributed by atoms with Gasteiger partial charge >= 0.3 is 0 Å². The van der Waals surface area contributed by atoms with Crippen molar-refractivity contribution >= 4 is 5.78 Å². The van der Waals surface area contributed by atoms with Gasteiger partial charge in [0.05, 0.1) is 5.41 Å². The highest BCUT2D eigenvalue weighted by Gasteiger charge is 2.34. The highest BCUT2D eigenvalue weighted by Crippen LogP contribution is 2.37. The molecule has 0 saturated heterocycles. The van der Waals surface area contributed by atoms with Crippen molar-refractivity contribution in [2.24, 2.45) is 5.41 Å². The molecule has 0 aliphatic heterocycles. The van der Waals surface area contributed by atoms with E-state index >= 15 is 0 Å². The second-order valence-corrected chi connectivity index (χ2v) is 5.15. The van der Waals surface area contributed by atoms with Gasteiger partial charge in [0.15, 0.2) is 5.78 Å². The van der Waals surface area contributed by atoms with Crippen molar-refractivity contribution in [1.29, 1.82) is 0 Å². The predicted molar refractivity (Wildman–Crippen MR) is 73.8 cm³/mol. The summed E-state index contributed by atoms with van der Waals surface area (Å²) in [6, 6.07) is 0. The second-order valence-electron chi connectivity index (χ2n) is 5.15. The first kappa shape index (κ1) is 13.7. The third-order valence-corrected chi connectivity index (χ3v) is 3.26. The summed E-state index contributed by atoms with van der Waals surface area (Å²) in [4.78, 5) is 12.1. The highest BCUT2D eigenvalue weighted by molar-refractivity contribution is 5.97. The van der Waals surface area contributed by atoms with E-state index in [9.17, 15) is 4.79 Å². The van der Waals surface area contributed by atoms with Crippen LogP contribution in [0.5, 0.6) is 0 Å². The van der Waals surface area contributed by atoms with Crippen molar-refractivity contribution in [2.45, 2.75) is 39.5 Å². The van der Waals surface area contributed by atoms with Crippen LogP contribution in [0.25, 0.3) is 0 Å². The van der Waals surface area contributed by atoms with Crippen LogP contribution >= 0.6 is 0 Å². The molecule has 0 saturated carbocycles. The fraction of sp³-hybridized carbons (Fsp3) is 0.438. The molecule has 0 unspecified atom stereocenters. The monoisotopic (exact) mass is 230 g/mol. The van der Waals surface area contributed by atoms with Crippen molar-refractivity contribution < 1.29 is 4.79 Å². The van der Waals surface area contributed by atoms with Crippen molar-refractivity contribution in [3.05, 3.63) is 48.6 Å². The van der Waals surface area contributed by atoms with Crippen LogP contribution in [0.15, 0.2) is 48.6 Å². The molecule has 1 rings (SSSR count). The molecule has 1 nitrogen and oxygen atoms in total. The zero-order valence-corrected chi connectivity index (χ0v) is 11.0. The molecule has 1 heteroatoms. The molecule has 0 bridgehead atoms. The Hall–Kier alpha value is -1.37. The average molecular weight is 230 g/mol. The lowest BCUT2D eigenvalue weighted by molar-refractivity contribution is -0.122. The molecule has 92 valence electrons. The normalized spacial score (nSPS) is 17.2. The maximum absolute atomic E-state index is 12.1. The number of allylic oxidation sites excluding steroid dienone is 6. The smallest absolute Gasteiger partial charge is 0.165 e. The number of carbonyl (C=O) groups is 1. The molecule has 0 aromatic heterocycles. The van der Waals surface area contributed by atoms with Crippen molar-refractivity contribution in [3.63, 3.8) is 0 Å². The fourth-order valence-corrected chi connectivity index (χ4v) is 2.04. The Bertz CT molecular complexity index is 364. The van der Waals surface area contributed by atoms with Crippen LogP contribution in [-0.2, 0) is 4.79 Å². The summed E-state index contributed by atoms with van der Waals surface area (Å²) in [5.41, 5.74) is 1.94. The van der Waals surface area contributed by atoms with E-state index in [1.54, 1.807) is 6.08 Å². The second kappa shape index (κ2) is 5.81. The molecule has 0 atom stereocenters. The van der Waals surface area contributed by atoms with Crippen LogP contribution in [0.3, 0.4) is 0 Å². The molecule has 0 spiro atoms. The van der Waals surface area contributed by atoms with Gasteiger partial charge in [-0.15, -0.1) is 13.2 Å². The number of ketones is 1. The van der Waals surface area contributed by atoms with Gasteiger partial charge in [-0.2, -0.15) is 0 Å². The minimum absolute atomic E-state index is 0.225. The minimum atomic E-state index is -0.327. The van der Waals surface area contributed by atoms with Crippen LogP contribution in [0, 0.1) is 5.41 Å². The maximum Gasteiger partial charge on any atom is 0.165 e. The lowest BCUT2D eigenvalue weighted by atomic mass is 9.72. The molecule has 0 aromatic carbocycles. The van der Waals surface area contributed by atoms with E-state index in [0.717, 1.165) is 36.8 Å². The zero-order valence-electron chi connectivity index (χ0n) is 11.0. The number of carbonyl (C=O) groups excluding carboxylic acids is 1. The predicted octanol–water partition coefficient (Wildman–Crippen LogP) is 4.38.